The Morgan fingerprint density at radius 2 is 1.85 bits per heavy atom. The lowest BCUT2D eigenvalue weighted by molar-refractivity contribution is -0.128. The molecule has 4 rings (SSSR count). The number of aromatic hydroxyl groups is 1. The number of amides is 1. The molecule has 0 heterocycles. The zero-order chi connectivity index (χ0) is 18.9. The van der Waals surface area contributed by atoms with E-state index in [4.69, 9.17) is 4.74 Å². The first-order valence-electron chi connectivity index (χ1n) is 9.90. The van der Waals surface area contributed by atoms with E-state index in [-0.39, 0.29) is 11.9 Å². The van der Waals surface area contributed by atoms with Crippen molar-refractivity contribution < 1.29 is 14.6 Å². The second kappa shape index (κ2) is 7.26. The van der Waals surface area contributed by atoms with Crippen LogP contribution in [0.4, 0.5) is 0 Å². The van der Waals surface area contributed by atoms with Gasteiger partial charge < -0.3 is 15.2 Å². The summed E-state index contributed by atoms with van der Waals surface area (Å²) >= 11 is 0. The van der Waals surface area contributed by atoms with E-state index in [0.717, 1.165) is 61.0 Å². The van der Waals surface area contributed by atoms with Crippen LogP contribution >= 0.6 is 0 Å². The van der Waals surface area contributed by atoms with Gasteiger partial charge in [0.25, 0.3) is 0 Å². The van der Waals surface area contributed by atoms with Crippen LogP contribution in [-0.4, -0.2) is 18.1 Å². The Hall–Kier alpha value is -2.49. The van der Waals surface area contributed by atoms with E-state index >= 15 is 0 Å². The molecule has 2 aromatic rings. The van der Waals surface area contributed by atoms with Gasteiger partial charge in [0.15, 0.2) is 0 Å². The summed E-state index contributed by atoms with van der Waals surface area (Å²) in [5, 5.41) is 13.4. The van der Waals surface area contributed by atoms with Crippen molar-refractivity contribution >= 4 is 5.91 Å². The Labute approximate surface area is 160 Å². The smallest absolute Gasteiger partial charge is 0.231 e. The van der Waals surface area contributed by atoms with Crippen molar-refractivity contribution in [2.24, 2.45) is 0 Å². The van der Waals surface area contributed by atoms with Gasteiger partial charge in [0.05, 0.1) is 18.6 Å². The topological polar surface area (TPSA) is 58.6 Å². The maximum Gasteiger partial charge on any atom is 0.231 e. The molecule has 0 bridgehead atoms. The van der Waals surface area contributed by atoms with Gasteiger partial charge in [-0.25, -0.2) is 0 Å². The maximum absolute atomic E-state index is 13.5. The zero-order valence-electron chi connectivity index (χ0n) is 15.8. The maximum atomic E-state index is 13.5. The van der Waals surface area contributed by atoms with Gasteiger partial charge in [0.1, 0.15) is 11.5 Å². The molecule has 1 amide bonds. The van der Waals surface area contributed by atoms with Crippen LogP contribution < -0.4 is 10.1 Å². The quantitative estimate of drug-likeness (QED) is 0.844. The van der Waals surface area contributed by atoms with Gasteiger partial charge in [-0.05, 0) is 60.6 Å². The summed E-state index contributed by atoms with van der Waals surface area (Å²) in [4.78, 5) is 13.5. The molecule has 0 radical (unpaired) electrons. The molecular weight excluding hydrogens is 338 g/mol. The molecule has 1 fully saturated rings. The predicted octanol–water partition coefficient (Wildman–Crippen LogP) is 4.41. The lowest BCUT2D eigenvalue weighted by Crippen LogP contribution is -2.46. The number of ether oxygens (including phenoxy) is 1. The van der Waals surface area contributed by atoms with Gasteiger partial charge in [0.2, 0.25) is 5.91 Å². The fraction of sp³-hybridized carbons (Fsp3) is 0.435. The van der Waals surface area contributed by atoms with Crippen molar-refractivity contribution in [3.63, 3.8) is 0 Å². The number of methoxy groups -OCH3 is 1. The second-order valence-electron chi connectivity index (χ2n) is 7.78. The Balaban J connectivity index is 1.62. The third-order valence-electron chi connectivity index (χ3n) is 6.34. The normalized spacial score (nSPS) is 20.7. The molecule has 0 spiro atoms. The summed E-state index contributed by atoms with van der Waals surface area (Å²) < 4.78 is 5.28. The minimum absolute atomic E-state index is 0.0170. The molecular formula is C23H27NO3. The van der Waals surface area contributed by atoms with E-state index in [2.05, 4.69) is 5.32 Å². The molecule has 1 saturated carbocycles. The van der Waals surface area contributed by atoms with Crippen LogP contribution in [0, 0.1) is 0 Å². The SMILES string of the molecule is COc1ccc(C2(C(=O)NC3CCc4c(O)cccc43)CCCCC2)cc1. The van der Waals surface area contributed by atoms with E-state index in [1.54, 1.807) is 13.2 Å². The molecule has 2 N–H and O–H groups in total. The number of rotatable bonds is 4. The van der Waals surface area contributed by atoms with Gasteiger partial charge in [-0.2, -0.15) is 0 Å². The Morgan fingerprint density at radius 1 is 1.11 bits per heavy atom. The average molecular weight is 365 g/mol. The number of fused-ring (bicyclic) bond motifs is 1. The number of carbonyl (C=O) groups excluding carboxylic acids is 1. The molecule has 0 aliphatic heterocycles. The van der Waals surface area contributed by atoms with E-state index in [0.29, 0.717) is 5.75 Å². The van der Waals surface area contributed by atoms with Gasteiger partial charge in [-0.15, -0.1) is 0 Å². The first-order valence-corrected chi connectivity index (χ1v) is 9.90. The number of carbonyl (C=O) groups is 1. The molecule has 2 aliphatic rings. The van der Waals surface area contributed by atoms with Crippen LogP contribution in [0.25, 0.3) is 0 Å². The summed E-state index contributed by atoms with van der Waals surface area (Å²) in [5.41, 5.74) is 2.65. The lowest BCUT2D eigenvalue weighted by atomic mass is 9.68. The molecule has 1 atom stereocenters. The van der Waals surface area contributed by atoms with Gasteiger partial charge in [-0.1, -0.05) is 43.5 Å². The highest BCUT2D eigenvalue weighted by molar-refractivity contribution is 5.89. The van der Waals surface area contributed by atoms with Crippen LogP contribution in [0.1, 0.15) is 61.3 Å². The fourth-order valence-electron chi connectivity index (χ4n) is 4.79. The Morgan fingerprint density at radius 3 is 2.56 bits per heavy atom. The standard InChI is InChI=1S/C23H27NO3/c1-27-17-10-8-16(9-11-17)23(14-3-2-4-15-23)22(26)24-20-13-12-19-18(20)6-5-7-21(19)25/h5-11,20,25H,2-4,12-15H2,1H3,(H,24,26). The Bertz CT molecular complexity index is 822. The van der Waals surface area contributed by atoms with E-state index in [1.807, 2.05) is 36.4 Å². The van der Waals surface area contributed by atoms with Gasteiger partial charge in [0, 0.05) is 0 Å². The average Bonchev–Trinajstić information content (AvgIpc) is 3.13. The third kappa shape index (κ3) is 3.18. The van der Waals surface area contributed by atoms with Crippen molar-refractivity contribution in [1.29, 1.82) is 0 Å². The molecule has 4 heteroatoms. The first kappa shape index (κ1) is 17.9. The van der Waals surface area contributed by atoms with Gasteiger partial charge >= 0.3 is 0 Å². The molecule has 1 unspecified atom stereocenters. The van der Waals surface area contributed by atoms with Crippen molar-refractivity contribution in [2.45, 2.75) is 56.4 Å². The molecule has 4 nitrogen and oxygen atoms in total. The van der Waals surface area contributed by atoms with E-state index < -0.39 is 5.41 Å². The van der Waals surface area contributed by atoms with Crippen LogP contribution in [0.5, 0.6) is 11.5 Å². The first-order chi connectivity index (χ1) is 13.1. The van der Waals surface area contributed by atoms with E-state index in [9.17, 15) is 9.90 Å². The number of hydrogen-bond donors (Lipinski definition) is 2. The van der Waals surface area contributed by atoms with Gasteiger partial charge in [-0.3, -0.25) is 4.79 Å². The van der Waals surface area contributed by atoms with Crippen molar-refractivity contribution in [2.75, 3.05) is 7.11 Å². The Kier molecular flexibility index (Phi) is 4.81. The summed E-state index contributed by atoms with van der Waals surface area (Å²) in [6, 6.07) is 13.6. The minimum Gasteiger partial charge on any atom is -0.508 e. The molecule has 142 valence electrons. The highest BCUT2D eigenvalue weighted by Crippen LogP contribution is 2.42. The third-order valence-corrected chi connectivity index (χ3v) is 6.34. The van der Waals surface area contributed by atoms with Crippen LogP contribution in [0.15, 0.2) is 42.5 Å². The monoisotopic (exact) mass is 365 g/mol. The number of nitrogens with one attached hydrogen (secondary N) is 1. The number of phenolic OH excluding ortho intramolecular Hbond substituents is 1. The molecule has 27 heavy (non-hydrogen) atoms. The molecule has 0 saturated heterocycles. The molecule has 2 aliphatic carbocycles. The minimum atomic E-state index is -0.468. The predicted molar refractivity (Wildman–Crippen MR) is 105 cm³/mol. The van der Waals surface area contributed by atoms with Crippen molar-refractivity contribution in [3.8, 4) is 11.5 Å². The van der Waals surface area contributed by atoms with E-state index in [1.165, 1.54) is 6.42 Å². The van der Waals surface area contributed by atoms with Crippen LogP contribution in [0.3, 0.4) is 0 Å². The van der Waals surface area contributed by atoms with Crippen molar-refractivity contribution in [1.82, 2.24) is 5.32 Å². The summed E-state index contributed by atoms with van der Waals surface area (Å²) in [6.07, 6.45) is 6.74. The van der Waals surface area contributed by atoms with Crippen molar-refractivity contribution in [3.05, 3.63) is 59.2 Å². The molecule has 0 aromatic heterocycles. The summed E-state index contributed by atoms with van der Waals surface area (Å²) in [5.74, 6) is 1.27. The highest BCUT2D eigenvalue weighted by atomic mass is 16.5. The highest BCUT2D eigenvalue weighted by Gasteiger charge is 2.42. The van der Waals surface area contributed by atoms with Crippen LogP contribution in [0.2, 0.25) is 0 Å². The van der Waals surface area contributed by atoms with Crippen LogP contribution in [-0.2, 0) is 16.6 Å². The second-order valence-corrected chi connectivity index (χ2v) is 7.78. The summed E-state index contributed by atoms with van der Waals surface area (Å²) in [7, 11) is 1.66. The summed E-state index contributed by atoms with van der Waals surface area (Å²) in [6.45, 7) is 0. The number of phenols is 1. The largest absolute Gasteiger partial charge is 0.508 e. The lowest BCUT2D eigenvalue weighted by Gasteiger charge is -2.37. The molecule has 2 aromatic carbocycles. The number of hydrogen-bond acceptors (Lipinski definition) is 3. The fourth-order valence-corrected chi connectivity index (χ4v) is 4.79. The zero-order valence-corrected chi connectivity index (χ0v) is 15.8. The number of benzene rings is 2.